The first-order chi connectivity index (χ1) is 7.76. The Bertz CT molecular complexity index is 436. The van der Waals surface area contributed by atoms with E-state index >= 15 is 0 Å². The largest absolute Gasteiger partial charge is 0.324 e. The summed E-state index contributed by atoms with van der Waals surface area (Å²) in [6.45, 7) is 5.94. The summed E-state index contributed by atoms with van der Waals surface area (Å²) in [7, 11) is 0. The van der Waals surface area contributed by atoms with Crippen molar-refractivity contribution in [1.29, 1.82) is 0 Å². The minimum Gasteiger partial charge on any atom is -0.324 e. The molecule has 0 aromatic heterocycles. The molecule has 1 fully saturated rings. The summed E-state index contributed by atoms with van der Waals surface area (Å²) < 4.78 is 0. The van der Waals surface area contributed by atoms with Gasteiger partial charge in [-0.3, -0.25) is 4.79 Å². The summed E-state index contributed by atoms with van der Waals surface area (Å²) >= 11 is 6.14. The van der Waals surface area contributed by atoms with Gasteiger partial charge in [-0.05, 0) is 26.3 Å². The molecule has 1 aromatic rings. The number of hydrogen-bond acceptors (Lipinski definition) is 2. The lowest BCUT2D eigenvalue weighted by molar-refractivity contribution is -0.162. The number of nitrogens with two attached hydrogens (primary N) is 1. The number of nitrogens with zero attached hydrogens (tertiary/aromatic N) is 1. The van der Waals surface area contributed by atoms with Crippen molar-refractivity contribution in [1.82, 2.24) is 4.90 Å². The monoisotopic (exact) mass is 252 g/mol. The molecule has 3 nitrogen and oxygen atoms in total. The summed E-state index contributed by atoms with van der Waals surface area (Å²) in [5, 5.41) is 0. The minimum atomic E-state index is -1.31. The maximum Gasteiger partial charge on any atom is 0.261 e. The number of likely N-dealkylation sites (tertiary alicyclic amines) is 1. The summed E-state index contributed by atoms with van der Waals surface area (Å²) in [6.07, 6.45) is 0. The summed E-state index contributed by atoms with van der Waals surface area (Å²) in [6, 6.07) is 9.40. The first kappa shape index (κ1) is 12.4. The highest BCUT2D eigenvalue weighted by atomic mass is 35.5. The van der Waals surface area contributed by atoms with E-state index in [9.17, 15) is 4.79 Å². The Balaban J connectivity index is 2.41. The van der Waals surface area contributed by atoms with Gasteiger partial charge in [0.2, 0.25) is 0 Å². The van der Waals surface area contributed by atoms with Crippen molar-refractivity contribution < 1.29 is 4.79 Å². The van der Waals surface area contributed by atoms with Gasteiger partial charge in [-0.2, -0.15) is 0 Å². The van der Waals surface area contributed by atoms with Gasteiger partial charge < -0.3 is 10.6 Å². The SMILES string of the molecule is CC(C)(C)N1C(=O)[C@@](N)(Cl)[C@@H]1c1ccccc1. The number of alkyl halides is 1. The van der Waals surface area contributed by atoms with Crippen LogP contribution < -0.4 is 5.73 Å². The van der Waals surface area contributed by atoms with Crippen LogP contribution in [0.4, 0.5) is 0 Å². The molecule has 0 spiro atoms. The molecule has 92 valence electrons. The van der Waals surface area contributed by atoms with E-state index in [1.54, 1.807) is 4.90 Å². The van der Waals surface area contributed by atoms with Crippen molar-refractivity contribution >= 4 is 17.5 Å². The maximum atomic E-state index is 12.0. The van der Waals surface area contributed by atoms with Gasteiger partial charge in [0.15, 0.2) is 5.00 Å². The van der Waals surface area contributed by atoms with Crippen LogP contribution in [0.2, 0.25) is 0 Å². The average molecular weight is 253 g/mol. The number of halogens is 1. The Morgan fingerprint density at radius 3 is 2.29 bits per heavy atom. The van der Waals surface area contributed by atoms with Gasteiger partial charge in [-0.15, -0.1) is 0 Å². The summed E-state index contributed by atoms with van der Waals surface area (Å²) in [5.74, 6) is -0.208. The zero-order chi connectivity index (χ0) is 12.8. The fourth-order valence-corrected chi connectivity index (χ4v) is 2.57. The third-order valence-corrected chi connectivity index (χ3v) is 3.41. The molecule has 0 unspecified atom stereocenters. The molecule has 2 rings (SSSR count). The van der Waals surface area contributed by atoms with Crippen LogP contribution >= 0.6 is 11.6 Å². The van der Waals surface area contributed by atoms with E-state index in [1.165, 1.54) is 0 Å². The van der Waals surface area contributed by atoms with Gasteiger partial charge in [0.05, 0.1) is 6.04 Å². The quantitative estimate of drug-likeness (QED) is 0.473. The molecule has 1 aliphatic heterocycles. The van der Waals surface area contributed by atoms with Crippen LogP contribution in [0.25, 0.3) is 0 Å². The zero-order valence-corrected chi connectivity index (χ0v) is 11.0. The third kappa shape index (κ3) is 1.83. The molecule has 0 aliphatic carbocycles. The minimum absolute atomic E-state index is 0.208. The highest BCUT2D eigenvalue weighted by Crippen LogP contribution is 2.48. The lowest BCUT2D eigenvalue weighted by Gasteiger charge is -2.56. The molecule has 0 bridgehead atoms. The molecule has 1 amide bonds. The Morgan fingerprint density at radius 2 is 1.82 bits per heavy atom. The number of β-lactam (4-membered cyclic amide) rings is 1. The lowest BCUT2D eigenvalue weighted by atomic mass is 9.83. The van der Waals surface area contributed by atoms with E-state index in [-0.39, 0.29) is 17.5 Å². The van der Waals surface area contributed by atoms with Gasteiger partial charge in [0.25, 0.3) is 5.91 Å². The average Bonchev–Trinajstić information content (AvgIpc) is 2.24. The van der Waals surface area contributed by atoms with Crippen LogP contribution in [0.15, 0.2) is 30.3 Å². The van der Waals surface area contributed by atoms with Crippen LogP contribution in [-0.4, -0.2) is 21.3 Å². The van der Waals surface area contributed by atoms with Crippen LogP contribution in [0, 0.1) is 0 Å². The molecule has 2 atom stereocenters. The van der Waals surface area contributed by atoms with Gasteiger partial charge >= 0.3 is 0 Å². The lowest BCUT2D eigenvalue weighted by Crippen LogP contribution is -2.74. The topological polar surface area (TPSA) is 46.3 Å². The summed E-state index contributed by atoms with van der Waals surface area (Å²) in [4.78, 5) is 12.4. The van der Waals surface area contributed by atoms with Crippen LogP contribution in [0.3, 0.4) is 0 Å². The number of carbonyl (C=O) groups is 1. The fourth-order valence-electron chi connectivity index (χ4n) is 2.26. The van der Waals surface area contributed by atoms with Crippen molar-refractivity contribution in [2.45, 2.75) is 37.4 Å². The Labute approximate surface area is 107 Å². The molecule has 1 aliphatic rings. The molecule has 0 saturated carbocycles. The van der Waals surface area contributed by atoms with E-state index in [2.05, 4.69) is 0 Å². The number of hydrogen-bond donors (Lipinski definition) is 1. The molecule has 4 heteroatoms. The van der Waals surface area contributed by atoms with Crippen molar-refractivity contribution in [3.63, 3.8) is 0 Å². The van der Waals surface area contributed by atoms with Crippen LogP contribution in [-0.2, 0) is 4.79 Å². The van der Waals surface area contributed by atoms with E-state index in [1.807, 2.05) is 51.1 Å². The standard InChI is InChI=1S/C13H17ClN2O/c1-12(2,3)16-10(13(14,15)11(16)17)9-7-5-4-6-8-9/h4-8,10H,15H2,1-3H3/t10-,13+/m0/s1. The van der Waals surface area contributed by atoms with E-state index in [4.69, 9.17) is 17.3 Å². The van der Waals surface area contributed by atoms with Gasteiger partial charge in [-0.25, -0.2) is 0 Å². The van der Waals surface area contributed by atoms with Crippen molar-refractivity contribution in [3.8, 4) is 0 Å². The molecule has 1 saturated heterocycles. The molecular weight excluding hydrogens is 236 g/mol. The van der Waals surface area contributed by atoms with Gasteiger partial charge in [-0.1, -0.05) is 41.9 Å². The smallest absolute Gasteiger partial charge is 0.261 e. The Morgan fingerprint density at radius 1 is 1.29 bits per heavy atom. The first-order valence-electron chi connectivity index (χ1n) is 5.63. The molecule has 0 radical (unpaired) electrons. The zero-order valence-electron chi connectivity index (χ0n) is 10.3. The molecular formula is C13H17ClN2O. The molecule has 1 aromatic carbocycles. The van der Waals surface area contributed by atoms with E-state index < -0.39 is 5.00 Å². The predicted molar refractivity (Wildman–Crippen MR) is 68.6 cm³/mol. The first-order valence-corrected chi connectivity index (χ1v) is 6.00. The Kier molecular flexibility index (Phi) is 2.71. The second-order valence-corrected chi connectivity index (χ2v) is 6.05. The van der Waals surface area contributed by atoms with Crippen LogP contribution in [0.1, 0.15) is 32.4 Å². The van der Waals surface area contributed by atoms with E-state index in [0.29, 0.717) is 0 Å². The third-order valence-electron chi connectivity index (χ3n) is 3.04. The second-order valence-electron chi connectivity index (χ2n) is 5.43. The van der Waals surface area contributed by atoms with Crippen LogP contribution in [0.5, 0.6) is 0 Å². The van der Waals surface area contributed by atoms with E-state index in [0.717, 1.165) is 5.56 Å². The number of rotatable bonds is 1. The fraction of sp³-hybridized carbons (Fsp3) is 0.462. The van der Waals surface area contributed by atoms with Crippen molar-refractivity contribution in [2.75, 3.05) is 0 Å². The predicted octanol–water partition coefficient (Wildman–Crippen LogP) is 2.26. The maximum absolute atomic E-state index is 12.0. The number of amides is 1. The highest BCUT2D eigenvalue weighted by molar-refractivity contribution is 6.37. The normalized spacial score (nSPS) is 29.1. The van der Waals surface area contributed by atoms with Gasteiger partial charge in [0, 0.05) is 5.54 Å². The molecule has 17 heavy (non-hydrogen) atoms. The highest BCUT2D eigenvalue weighted by Gasteiger charge is 2.61. The van der Waals surface area contributed by atoms with Crippen molar-refractivity contribution in [3.05, 3.63) is 35.9 Å². The Hall–Kier alpha value is -1.06. The van der Waals surface area contributed by atoms with Crippen molar-refractivity contribution in [2.24, 2.45) is 5.73 Å². The second kappa shape index (κ2) is 3.72. The summed E-state index contributed by atoms with van der Waals surface area (Å²) in [5.41, 5.74) is 6.59. The number of carbonyl (C=O) groups excluding carboxylic acids is 1. The number of benzene rings is 1. The molecule has 1 heterocycles. The van der Waals surface area contributed by atoms with Gasteiger partial charge in [0.1, 0.15) is 0 Å². The molecule has 2 N–H and O–H groups in total.